The Hall–Kier alpha value is -2.03. The van der Waals surface area contributed by atoms with Crippen LogP contribution < -0.4 is 0 Å². The van der Waals surface area contributed by atoms with Gasteiger partial charge in [0.2, 0.25) is 0 Å². The van der Waals surface area contributed by atoms with Crippen molar-refractivity contribution in [3.63, 3.8) is 0 Å². The SMILES string of the molecule is CCCCC/C=C\CCCCCCCC(=O)OCC(COP(=O)(O)OCC[N+](C)(C)C)OC(=O)CCCCCCCCCC/C=C\C/C=C\C/C=C\CCCCCCC. The van der Waals surface area contributed by atoms with Crippen molar-refractivity contribution in [2.24, 2.45) is 0 Å². The molecule has 0 bridgehead atoms. The fourth-order valence-electron chi connectivity index (χ4n) is 6.31. The molecule has 344 valence electrons. The average Bonchev–Trinajstić information content (AvgIpc) is 3.19. The van der Waals surface area contributed by atoms with Crippen molar-refractivity contribution < 1.29 is 42.1 Å². The molecule has 0 aliphatic carbocycles. The first-order chi connectivity index (χ1) is 28.5. The van der Waals surface area contributed by atoms with Gasteiger partial charge in [0.1, 0.15) is 19.8 Å². The molecule has 0 spiro atoms. The molecule has 0 amide bonds. The van der Waals surface area contributed by atoms with Crippen molar-refractivity contribution in [1.82, 2.24) is 0 Å². The summed E-state index contributed by atoms with van der Waals surface area (Å²) >= 11 is 0. The minimum absolute atomic E-state index is 0.0276. The maximum absolute atomic E-state index is 12.7. The quantitative estimate of drug-likeness (QED) is 0.0212. The van der Waals surface area contributed by atoms with Crippen LogP contribution >= 0.6 is 7.82 Å². The normalized spacial score (nSPS) is 13.9. The van der Waals surface area contributed by atoms with Gasteiger partial charge < -0.3 is 18.9 Å². The van der Waals surface area contributed by atoms with E-state index in [1.165, 1.54) is 89.9 Å². The molecule has 0 saturated carbocycles. The second kappa shape index (κ2) is 41.3. The summed E-state index contributed by atoms with van der Waals surface area (Å²) in [5.74, 6) is -0.817. The number of phosphoric ester groups is 1. The minimum atomic E-state index is -4.38. The molecule has 0 aromatic rings. The van der Waals surface area contributed by atoms with Gasteiger partial charge >= 0.3 is 19.8 Å². The molecule has 0 fully saturated rings. The van der Waals surface area contributed by atoms with Crippen LogP contribution in [0.4, 0.5) is 0 Å². The number of phosphoric acid groups is 1. The van der Waals surface area contributed by atoms with Gasteiger partial charge in [0.05, 0.1) is 27.7 Å². The number of nitrogens with zero attached hydrogens (tertiary/aromatic N) is 1. The fraction of sp³-hybridized carbons (Fsp3) is 0.796. The first-order valence-corrected chi connectivity index (χ1v) is 25.4. The molecular formula is C49H91NO8P+. The zero-order valence-corrected chi connectivity index (χ0v) is 39.6. The van der Waals surface area contributed by atoms with Gasteiger partial charge in [0.25, 0.3) is 0 Å². The molecule has 9 nitrogen and oxygen atoms in total. The van der Waals surface area contributed by atoms with E-state index in [1.54, 1.807) is 0 Å². The number of unbranched alkanes of at least 4 members (excludes halogenated alkanes) is 21. The number of ether oxygens (including phenoxy) is 2. The molecular weight excluding hydrogens is 762 g/mol. The first-order valence-electron chi connectivity index (χ1n) is 23.9. The van der Waals surface area contributed by atoms with Crippen LogP contribution in [0.25, 0.3) is 0 Å². The van der Waals surface area contributed by atoms with Crippen molar-refractivity contribution in [3.05, 3.63) is 48.6 Å². The summed E-state index contributed by atoms with van der Waals surface area (Å²) in [6, 6.07) is 0. The molecule has 2 atom stereocenters. The molecule has 0 saturated heterocycles. The lowest BCUT2D eigenvalue weighted by molar-refractivity contribution is -0.870. The number of esters is 2. The number of carbonyl (C=O) groups is 2. The third-order valence-electron chi connectivity index (χ3n) is 10.1. The molecule has 59 heavy (non-hydrogen) atoms. The Morgan fingerprint density at radius 2 is 0.915 bits per heavy atom. The zero-order chi connectivity index (χ0) is 43.6. The highest BCUT2D eigenvalue weighted by atomic mass is 31.2. The summed E-state index contributed by atoms with van der Waals surface area (Å²) in [6.07, 6.45) is 48.7. The summed E-state index contributed by atoms with van der Waals surface area (Å²) in [7, 11) is 1.46. The number of quaternary nitrogens is 1. The molecule has 0 aliphatic heterocycles. The van der Waals surface area contributed by atoms with Gasteiger partial charge in [0.15, 0.2) is 6.10 Å². The van der Waals surface area contributed by atoms with E-state index < -0.39 is 26.5 Å². The summed E-state index contributed by atoms with van der Waals surface area (Å²) in [6.45, 7) is 4.37. The fourth-order valence-corrected chi connectivity index (χ4v) is 7.05. The standard InChI is InChI=1S/C49H90NO8P/c1-6-8-10-12-14-16-18-20-21-22-23-24-25-26-27-28-29-30-32-34-36-38-40-42-49(52)58-47(46-57-59(53,54)56-44-43-50(3,4)5)45-55-48(51)41-39-37-35-33-31-19-17-15-13-11-9-7-2/h15,17-18,20,22-23,25-26,47H,6-14,16,19,21,24,27-46H2,1-5H3/p+1/b17-15-,20-18-,23-22-,26-25-. The molecule has 0 radical (unpaired) electrons. The van der Waals surface area contributed by atoms with E-state index in [1.807, 2.05) is 21.1 Å². The van der Waals surface area contributed by atoms with Crippen LogP contribution in [-0.2, 0) is 32.7 Å². The largest absolute Gasteiger partial charge is 0.472 e. The van der Waals surface area contributed by atoms with E-state index in [0.29, 0.717) is 17.4 Å². The lowest BCUT2D eigenvalue weighted by atomic mass is 10.1. The van der Waals surface area contributed by atoms with E-state index >= 15 is 0 Å². The van der Waals surface area contributed by atoms with Crippen LogP contribution in [-0.4, -0.2) is 74.9 Å². The van der Waals surface area contributed by atoms with Gasteiger partial charge in [-0.3, -0.25) is 18.6 Å². The highest BCUT2D eigenvalue weighted by Gasteiger charge is 2.27. The number of hydrogen-bond acceptors (Lipinski definition) is 7. The molecule has 10 heteroatoms. The van der Waals surface area contributed by atoms with E-state index in [-0.39, 0.29) is 32.0 Å². The summed E-state index contributed by atoms with van der Waals surface area (Å²) in [5.41, 5.74) is 0. The Kier molecular flexibility index (Phi) is 39.9. The third kappa shape index (κ3) is 45.3. The van der Waals surface area contributed by atoms with Gasteiger partial charge in [-0.1, -0.05) is 159 Å². The van der Waals surface area contributed by atoms with Crippen molar-refractivity contribution >= 4 is 19.8 Å². The van der Waals surface area contributed by atoms with E-state index in [4.69, 9.17) is 18.5 Å². The number of carbonyl (C=O) groups excluding carboxylic acids is 2. The maximum atomic E-state index is 12.7. The van der Waals surface area contributed by atoms with Gasteiger partial charge in [-0.15, -0.1) is 0 Å². The van der Waals surface area contributed by atoms with Crippen LogP contribution in [0.2, 0.25) is 0 Å². The third-order valence-corrected chi connectivity index (χ3v) is 11.1. The van der Waals surface area contributed by atoms with E-state index in [9.17, 15) is 19.0 Å². The van der Waals surface area contributed by atoms with Crippen molar-refractivity contribution in [1.29, 1.82) is 0 Å². The predicted molar refractivity (Wildman–Crippen MR) is 247 cm³/mol. The van der Waals surface area contributed by atoms with Crippen LogP contribution in [0.5, 0.6) is 0 Å². The lowest BCUT2D eigenvalue weighted by Crippen LogP contribution is -2.37. The van der Waals surface area contributed by atoms with E-state index in [0.717, 1.165) is 77.0 Å². The van der Waals surface area contributed by atoms with Gasteiger partial charge in [-0.2, -0.15) is 0 Å². The summed E-state index contributed by atoms with van der Waals surface area (Å²) in [4.78, 5) is 35.4. The predicted octanol–water partition coefficient (Wildman–Crippen LogP) is 13.9. The van der Waals surface area contributed by atoms with Crippen molar-refractivity contribution in [3.8, 4) is 0 Å². The summed E-state index contributed by atoms with van der Waals surface area (Å²) in [5, 5.41) is 0. The average molecular weight is 853 g/mol. The van der Waals surface area contributed by atoms with Gasteiger partial charge in [0, 0.05) is 12.8 Å². The highest BCUT2D eigenvalue weighted by Crippen LogP contribution is 2.43. The first kappa shape index (κ1) is 57.0. The minimum Gasteiger partial charge on any atom is -0.462 e. The highest BCUT2D eigenvalue weighted by molar-refractivity contribution is 7.47. The lowest BCUT2D eigenvalue weighted by Gasteiger charge is -2.24. The van der Waals surface area contributed by atoms with E-state index in [2.05, 4.69) is 62.5 Å². The molecule has 0 aromatic carbocycles. The monoisotopic (exact) mass is 853 g/mol. The Bertz CT molecular complexity index is 1150. The van der Waals surface area contributed by atoms with Crippen LogP contribution in [0.15, 0.2) is 48.6 Å². The summed E-state index contributed by atoms with van der Waals surface area (Å²) < 4.78 is 34.3. The Morgan fingerprint density at radius 1 is 0.525 bits per heavy atom. The number of hydrogen-bond donors (Lipinski definition) is 1. The molecule has 0 aromatic heterocycles. The molecule has 0 rings (SSSR count). The number of rotatable bonds is 43. The maximum Gasteiger partial charge on any atom is 0.472 e. The van der Waals surface area contributed by atoms with Crippen LogP contribution in [0.1, 0.15) is 200 Å². The molecule has 2 unspecified atom stereocenters. The second-order valence-electron chi connectivity index (χ2n) is 17.1. The van der Waals surface area contributed by atoms with Gasteiger partial charge in [-0.05, 0) is 77.0 Å². The second-order valence-corrected chi connectivity index (χ2v) is 18.6. The zero-order valence-electron chi connectivity index (χ0n) is 38.7. The number of allylic oxidation sites excluding steroid dienone is 8. The molecule has 0 aliphatic rings. The van der Waals surface area contributed by atoms with Crippen molar-refractivity contribution in [2.45, 2.75) is 206 Å². The molecule has 0 heterocycles. The Balaban J connectivity index is 4.28. The Morgan fingerprint density at radius 3 is 1.41 bits per heavy atom. The van der Waals surface area contributed by atoms with Gasteiger partial charge in [-0.25, -0.2) is 4.57 Å². The van der Waals surface area contributed by atoms with Crippen LogP contribution in [0, 0.1) is 0 Å². The Labute approximate surface area is 363 Å². The number of likely N-dealkylation sites (N-methyl/N-ethyl adjacent to an activating group) is 1. The van der Waals surface area contributed by atoms with Crippen LogP contribution in [0.3, 0.4) is 0 Å². The topological polar surface area (TPSA) is 108 Å². The molecule has 1 N–H and O–H groups in total. The van der Waals surface area contributed by atoms with Crippen molar-refractivity contribution in [2.75, 3.05) is 47.5 Å². The smallest absolute Gasteiger partial charge is 0.462 e.